The molecule has 0 bridgehead atoms. The number of fused-ring (bicyclic) bond motifs is 3. The van der Waals surface area contributed by atoms with Crippen molar-refractivity contribution < 1.29 is 38.5 Å². The number of hydrogen-bond donors (Lipinski definition) is 3. The lowest BCUT2D eigenvalue weighted by atomic mass is 9.98. The average molecular weight is 595 g/mol. The van der Waals surface area contributed by atoms with Crippen LogP contribution in [0, 0.1) is 0 Å². The van der Waals surface area contributed by atoms with E-state index >= 15 is 0 Å². The van der Waals surface area contributed by atoms with Gasteiger partial charge in [-0.1, -0.05) is 48.5 Å². The van der Waals surface area contributed by atoms with E-state index in [0.717, 1.165) is 27.2 Å². The van der Waals surface area contributed by atoms with Crippen molar-refractivity contribution in [2.45, 2.75) is 77.2 Å². The van der Waals surface area contributed by atoms with Gasteiger partial charge in [0.05, 0.1) is 6.04 Å². The van der Waals surface area contributed by atoms with Crippen molar-refractivity contribution >= 4 is 30.2 Å². The van der Waals surface area contributed by atoms with Gasteiger partial charge in [-0.3, -0.25) is 10.1 Å². The van der Waals surface area contributed by atoms with Crippen LogP contribution in [0.2, 0.25) is 0 Å². The Morgan fingerprint density at radius 2 is 1.49 bits per heavy atom. The Hall–Kier alpha value is -4.45. The number of nitrogens with one attached hydrogen (secondary N) is 2. The molecule has 2 aromatic rings. The van der Waals surface area contributed by atoms with E-state index in [1.54, 1.807) is 41.5 Å². The van der Waals surface area contributed by atoms with Crippen molar-refractivity contribution in [1.82, 2.24) is 15.5 Å². The molecule has 2 atom stereocenters. The zero-order valence-electron chi connectivity index (χ0n) is 25.2. The quantitative estimate of drug-likeness (QED) is 0.255. The predicted molar refractivity (Wildman–Crippen MR) is 158 cm³/mol. The van der Waals surface area contributed by atoms with E-state index in [9.17, 15) is 24.3 Å². The molecule has 1 aliphatic heterocycles. The first-order chi connectivity index (χ1) is 20.1. The highest BCUT2D eigenvalue weighted by Crippen LogP contribution is 2.44. The summed E-state index contributed by atoms with van der Waals surface area (Å²) >= 11 is 0. The zero-order valence-corrected chi connectivity index (χ0v) is 25.2. The molecule has 12 nitrogen and oxygen atoms in total. The summed E-state index contributed by atoms with van der Waals surface area (Å²) < 4.78 is 16.5. The first-order valence-electron chi connectivity index (χ1n) is 14.0. The molecule has 0 aromatic heterocycles. The van der Waals surface area contributed by atoms with E-state index in [2.05, 4.69) is 15.6 Å². The summed E-state index contributed by atoms with van der Waals surface area (Å²) in [7, 11) is 0. The summed E-state index contributed by atoms with van der Waals surface area (Å²) in [6.07, 6.45) is -3.02. The number of carboxylic acid groups (broad SMARTS) is 1. The van der Waals surface area contributed by atoms with E-state index in [1.165, 1.54) is 0 Å². The average Bonchev–Trinajstić information content (AvgIpc) is 3.49. The molecule has 4 rings (SSSR count). The molecule has 3 N–H and O–H groups in total. The number of carboxylic acids is 1. The Balaban J connectivity index is 1.64. The number of ether oxygens (including phenoxy) is 3. The van der Waals surface area contributed by atoms with Crippen LogP contribution in [0.1, 0.15) is 65.0 Å². The van der Waals surface area contributed by atoms with E-state index < -0.39 is 53.5 Å². The van der Waals surface area contributed by atoms with Gasteiger partial charge in [0.2, 0.25) is 5.96 Å². The van der Waals surface area contributed by atoms with Crippen molar-refractivity contribution in [3.05, 3.63) is 59.7 Å². The first-order valence-corrected chi connectivity index (χ1v) is 14.0. The van der Waals surface area contributed by atoms with E-state index in [4.69, 9.17) is 14.2 Å². The van der Waals surface area contributed by atoms with Crippen molar-refractivity contribution in [2.24, 2.45) is 4.99 Å². The number of carbonyl (C=O) groups excluding carboxylic acids is 3. The van der Waals surface area contributed by atoms with Crippen molar-refractivity contribution in [2.75, 3.05) is 13.2 Å². The van der Waals surface area contributed by atoms with Crippen LogP contribution >= 0.6 is 0 Å². The molecule has 1 aliphatic carbocycles. The predicted octanol–water partition coefficient (Wildman–Crippen LogP) is 4.87. The van der Waals surface area contributed by atoms with E-state index in [1.807, 2.05) is 48.5 Å². The topological polar surface area (TPSA) is 156 Å². The third-order valence-electron chi connectivity index (χ3n) is 6.74. The van der Waals surface area contributed by atoms with Gasteiger partial charge in [-0.2, -0.15) is 0 Å². The first kappa shape index (κ1) is 31.5. The van der Waals surface area contributed by atoms with Crippen molar-refractivity contribution in [1.29, 1.82) is 0 Å². The molecular formula is C31H38N4O8. The van der Waals surface area contributed by atoms with Crippen LogP contribution in [-0.2, 0) is 19.0 Å². The number of alkyl carbamates (subject to hydrolysis) is 1. The second kappa shape index (κ2) is 12.4. The summed E-state index contributed by atoms with van der Waals surface area (Å²) in [4.78, 5) is 56.1. The lowest BCUT2D eigenvalue weighted by Crippen LogP contribution is -2.54. The van der Waals surface area contributed by atoms with Gasteiger partial charge in [0.1, 0.15) is 23.9 Å². The Morgan fingerprint density at radius 1 is 0.930 bits per heavy atom. The highest BCUT2D eigenvalue weighted by atomic mass is 16.6. The number of benzene rings is 2. The van der Waals surface area contributed by atoms with E-state index in [0.29, 0.717) is 0 Å². The number of guanidine groups is 1. The molecule has 1 saturated heterocycles. The number of aliphatic carboxylic acids is 1. The molecule has 12 heteroatoms. The van der Waals surface area contributed by atoms with Gasteiger partial charge >= 0.3 is 24.2 Å². The molecule has 0 radical (unpaired) electrons. The number of carbonyl (C=O) groups is 4. The Bertz CT molecular complexity index is 1380. The second-order valence-electron chi connectivity index (χ2n) is 12.4. The fraction of sp³-hybridized carbons (Fsp3) is 0.452. The lowest BCUT2D eigenvalue weighted by molar-refractivity contribution is -0.139. The standard InChI is InChI=1S/C31H38N4O8/c1-30(2,3)42-28(39)34-26(35(29(40)43-31(4,5)6)18-15-24(25(36)37)32-16-18)33-27(38)41-17-23-21-13-9-7-11-19(21)20-12-8-10-14-22(20)23/h7-14,18,23-24,32H,15-17H2,1-6H3,(H,36,37)(H,33,34,38,39)/t18?,24-/m0/s1. The smallest absolute Gasteiger partial charge is 0.436 e. The summed E-state index contributed by atoms with van der Waals surface area (Å²) in [5.74, 6) is -1.86. The minimum atomic E-state index is -1.11. The van der Waals surface area contributed by atoms with Gasteiger partial charge in [-0.05, 0) is 70.2 Å². The van der Waals surface area contributed by atoms with Gasteiger partial charge in [0.15, 0.2) is 0 Å². The molecule has 43 heavy (non-hydrogen) atoms. The highest BCUT2D eigenvalue weighted by molar-refractivity contribution is 6.05. The summed E-state index contributed by atoms with van der Waals surface area (Å²) in [6.45, 7) is 9.90. The maximum Gasteiger partial charge on any atom is 0.436 e. The Morgan fingerprint density at radius 3 is 2.00 bits per heavy atom. The van der Waals surface area contributed by atoms with Crippen molar-refractivity contribution in [3.8, 4) is 11.1 Å². The van der Waals surface area contributed by atoms with Crippen LogP contribution in [0.5, 0.6) is 0 Å². The number of amides is 3. The Kier molecular flexibility index (Phi) is 9.09. The lowest BCUT2D eigenvalue weighted by Gasteiger charge is -2.32. The zero-order chi connectivity index (χ0) is 31.5. The molecular weight excluding hydrogens is 556 g/mol. The molecule has 1 unspecified atom stereocenters. The summed E-state index contributed by atoms with van der Waals surface area (Å²) in [5, 5.41) is 14.7. The van der Waals surface area contributed by atoms with Gasteiger partial charge in [0, 0.05) is 12.5 Å². The largest absolute Gasteiger partial charge is 0.480 e. The monoisotopic (exact) mass is 594 g/mol. The van der Waals surface area contributed by atoms with Gasteiger partial charge in [0.25, 0.3) is 0 Å². The minimum absolute atomic E-state index is 0.0334. The van der Waals surface area contributed by atoms with Gasteiger partial charge in [-0.15, -0.1) is 4.99 Å². The van der Waals surface area contributed by atoms with Crippen LogP contribution < -0.4 is 10.6 Å². The molecule has 3 amide bonds. The number of aliphatic imine (C=N–C) groups is 1. The summed E-state index contributed by atoms with van der Waals surface area (Å²) in [6, 6.07) is 13.9. The van der Waals surface area contributed by atoms with E-state index in [-0.39, 0.29) is 25.5 Å². The molecule has 230 valence electrons. The molecule has 1 fully saturated rings. The summed E-state index contributed by atoms with van der Waals surface area (Å²) in [5.41, 5.74) is 2.24. The maximum absolute atomic E-state index is 13.5. The van der Waals surface area contributed by atoms with Crippen LogP contribution in [0.25, 0.3) is 11.1 Å². The number of nitrogens with zero attached hydrogens (tertiary/aromatic N) is 2. The minimum Gasteiger partial charge on any atom is -0.480 e. The van der Waals surface area contributed by atoms with Crippen LogP contribution in [0.4, 0.5) is 14.4 Å². The highest BCUT2D eigenvalue weighted by Gasteiger charge is 2.40. The second-order valence-corrected chi connectivity index (χ2v) is 12.4. The normalized spacial score (nSPS) is 18.3. The van der Waals surface area contributed by atoms with Crippen molar-refractivity contribution in [3.63, 3.8) is 0 Å². The fourth-order valence-electron chi connectivity index (χ4n) is 5.07. The molecule has 0 saturated carbocycles. The molecule has 1 heterocycles. The molecule has 0 spiro atoms. The third-order valence-corrected chi connectivity index (χ3v) is 6.74. The third kappa shape index (κ3) is 7.89. The van der Waals surface area contributed by atoms with Crippen LogP contribution in [-0.4, -0.2) is 76.7 Å². The number of rotatable bonds is 4. The molecule has 2 aromatic carbocycles. The molecule has 2 aliphatic rings. The Labute approximate surface area is 250 Å². The van der Waals surface area contributed by atoms with Gasteiger partial charge in [-0.25, -0.2) is 19.3 Å². The maximum atomic E-state index is 13.5. The SMILES string of the molecule is CC(C)(C)OC(=O)NC(=NC(=O)OCC1c2ccccc2-c2ccccc21)N(C(=O)OC(C)(C)C)C1CN[C@H](C(=O)O)C1. The van der Waals surface area contributed by atoms with Crippen LogP contribution in [0.3, 0.4) is 0 Å². The van der Waals surface area contributed by atoms with Gasteiger partial charge < -0.3 is 24.6 Å². The fourth-order valence-corrected chi connectivity index (χ4v) is 5.07. The van der Waals surface area contributed by atoms with Crippen LogP contribution in [0.15, 0.2) is 53.5 Å². The number of hydrogen-bond acceptors (Lipinski definition) is 8.